The zero-order valence-electron chi connectivity index (χ0n) is 42.2. The summed E-state index contributed by atoms with van der Waals surface area (Å²) in [5.41, 5.74) is 0. The van der Waals surface area contributed by atoms with Crippen molar-refractivity contribution < 1.29 is 28.6 Å². The van der Waals surface area contributed by atoms with Gasteiger partial charge in [0, 0.05) is 19.3 Å². The molecule has 1 atom stereocenters. The molecule has 6 heteroatoms. The molecule has 0 spiro atoms. The van der Waals surface area contributed by atoms with Crippen LogP contribution >= 0.6 is 0 Å². The van der Waals surface area contributed by atoms with Crippen LogP contribution in [-0.2, 0) is 28.6 Å². The lowest BCUT2D eigenvalue weighted by atomic mass is 10.0. The molecule has 62 heavy (non-hydrogen) atoms. The predicted molar refractivity (Wildman–Crippen MR) is 266 cm³/mol. The van der Waals surface area contributed by atoms with Crippen molar-refractivity contribution in [1.29, 1.82) is 0 Å². The van der Waals surface area contributed by atoms with Gasteiger partial charge in [-0.3, -0.25) is 14.4 Å². The van der Waals surface area contributed by atoms with Crippen LogP contribution in [0.25, 0.3) is 0 Å². The predicted octanol–water partition coefficient (Wildman–Crippen LogP) is 18.4. The van der Waals surface area contributed by atoms with E-state index in [1.807, 2.05) is 0 Å². The summed E-state index contributed by atoms with van der Waals surface area (Å²) in [5, 5.41) is 0. The zero-order valence-corrected chi connectivity index (χ0v) is 42.2. The molecule has 0 saturated carbocycles. The SMILES string of the molecule is CCCCCCCCCCCCCCCCCCCCC(=O)O[C@@H](COC(=O)CCCCCCCCCCCCC)COC(=O)CCCCCCCCCCCCCCCCC. The number of ether oxygens (including phenoxy) is 3. The van der Waals surface area contributed by atoms with E-state index in [1.165, 1.54) is 225 Å². The number of rotatable bonds is 52. The maximum absolute atomic E-state index is 12.8. The van der Waals surface area contributed by atoms with E-state index >= 15 is 0 Å². The van der Waals surface area contributed by atoms with Crippen LogP contribution in [0.4, 0.5) is 0 Å². The largest absolute Gasteiger partial charge is 0.462 e. The topological polar surface area (TPSA) is 78.9 Å². The molecule has 0 rings (SSSR count). The molecule has 0 heterocycles. The molecule has 0 aliphatic rings. The van der Waals surface area contributed by atoms with Gasteiger partial charge in [0.25, 0.3) is 0 Å². The van der Waals surface area contributed by atoms with Crippen molar-refractivity contribution >= 4 is 17.9 Å². The van der Waals surface area contributed by atoms with Gasteiger partial charge in [-0.25, -0.2) is 0 Å². The van der Waals surface area contributed by atoms with Gasteiger partial charge in [-0.15, -0.1) is 0 Å². The lowest BCUT2D eigenvalue weighted by Gasteiger charge is -2.18. The zero-order chi connectivity index (χ0) is 45.1. The Kier molecular flexibility index (Phi) is 50.7. The second-order valence-electron chi connectivity index (χ2n) is 19.2. The van der Waals surface area contributed by atoms with Crippen LogP contribution in [0, 0.1) is 0 Å². The van der Waals surface area contributed by atoms with Crippen molar-refractivity contribution in [3.05, 3.63) is 0 Å². The van der Waals surface area contributed by atoms with Crippen molar-refractivity contribution in [2.24, 2.45) is 0 Å². The van der Waals surface area contributed by atoms with E-state index in [9.17, 15) is 14.4 Å². The van der Waals surface area contributed by atoms with Gasteiger partial charge in [0.15, 0.2) is 6.10 Å². The smallest absolute Gasteiger partial charge is 0.306 e. The van der Waals surface area contributed by atoms with Crippen LogP contribution in [0.5, 0.6) is 0 Å². The summed E-state index contributed by atoms with van der Waals surface area (Å²) in [4.78, 5) is 38.0. The average molecular weight is 877 g/mol. The molecule has 0 aromatic carbocycles. The molecule has 0 aliphatic heterocycles. The molecule has 0 amide bonds. The molecular weight excluding hydrogens is 769 g/mol. The summed E-state index contributed by atoms with van der Waals surface area (Å²) in [6.07, 6.45) is 56.6. The fourth-order valence-corrected chi connectivity index (χ4v) is 8.62. The maximum atomic E-state index is 12.8. The van der Waals surface area contributed by atoms with Crippen molar-refractivity contribution in [2.75, 3.05) is 13.2 Å². The Morgan fingerprint density at radius 1 is 0.258 bits per heavy atom. The highest BCUT2D eigenvalue weighted by molar-refractivity contribution is 5.71. The highest BCUT2D eigenvalue weighted by atomic mass is 16.6. The third-order valence-corrected chi connectivity index (χ3v) is 12.9. The van der Waals surface area contributed by atoms with E-state index in [1.54, 1.807) is 0 Å². The molecule has 0 aromatic heterocycles. The van der Waals surface area contributed by atoms with E-state index in [0.717, 1.165) is 57.8 Å². The fourth-order valence-electron chi connectivity index (χ4n) is 8.62. The minimum Gasteiger partial charge on any atom is -0.462 e. The monoisotopic (exact) mass is 877 g/mol. The van der Waals surface area contributed by atoms with Crippen LogP contribution in [-0.4, -0.2) is 37.2 Å². The second-order valence-corrected chi connectivity index (χ2v) is 19.2. The van der Waals surface area contributed by atoms with Gasteiger partial charge < -0.3 is 14.2 Å². The van der Waals surface area contributed by atoms with Crippen LogP contribution in [0.3, 0.4) is 0 Å². The van der Waals surface area contributed by atoms with E-state index in [4.69, 9.17) is 14.2 Å². The van der Waals surface area contributed by atoms with Crippen LogP contribution in [0.2, 0.25) is 0 Å². The van der Waals surface area contributed by atoms with Gasteiger partial charge in [-0.05, 0) is 19.3 Å². The number of carbonyl (C=O) groups excluding carboxylic acids is 3. The minimum atomic E-state index is -0.760. The Morgan fingerprint density at radius 3 is 0.645 bits per heavy atom. The summed E-state index contributed by atoms with van der Waals surface area (Å²) < 4.78 is 16.9. The Bertz CT molecular complexity index is 920. The van der Waals surface area contributed by atoms with E-state index < -0.39 is 6.10 Å². The average Bonchev–Trinajstić information content (AvgIpc) is 3.27. The summed E-state index contributed by atoms with van der Waals surface area (Å²) >= 11 is 0. The van der Waals surface area contributed by atoms with Crippen LogP contribution < -0.4 is 0 Å². The van der Waals surface area contributed by atoms with Gasteiger partial charge in [0.05, 0.1) is 0 Å². The molecule has 0 unspecified atom stereocenters. The fraction of sp³-hybridized carbons (Fsp3) is 0.946. The molecule has 368 valence electrons. The quantitative estimate of drug-likeness (QED) is 0.0344. The minimum absolute atomic E-state index is 0.0613. The van der Waals surface area contributed by atoms with Crippen molar-refractivity contribution in [1.82, 2.24) is 0 Å². The first-order valence-electron chi connectivity index (χ1n) is 28.0. The number of hydrogen-bond acceptors (Lipinski definition) is 6. The summed E-state index contributed by atoms with van der Waals surface area (Å²) in [6, 6.07) is 0. The number of carbonyl (C=O) groups is 3. The van der Waals surface area contributed by atoms with Gasteiger partial charge in [0.2, 0.25) is 0 Å². The summed E-state index contributed by atoms with van der Waals surface area (Å²) in [6.45, 7) is 6.69. The molecule has 0 bridgehead atoms. The first-order valence-corrected chi connectivity index (χ1v) is 28.0. The number of unbranched alkanes of at least 4 members (excludes halogenated alkanes) is 41. The highest BCUT2D eigenvalue weighted by Crippen LogP contribution is 2.17. The molecule has 0 fully saturated rings. The van der Waals surface area contributed by atoms with Gasteiger partial charge in [0.1, 0.15) is 13.2 Å². The standard InChI is InChI=1S/C56H108O6/c1-4-7-10-13-16-19-22-24-26-27-28-30-32-35-38-41-44-47-50-56(59)62-53(51-60-54(57)48-45-42-39-36-33-21-18-15-12-9-6-3)52-61-55(58)49-46-43-40-37-34-31-29-25-23-20-17-14-11-8-5-2/h53H,4-52H2,1-3H3/t53-/m0/s1. The molecule has 0 N–H and O–H groups in total. The van der Waals surface area contributed by atoms with Gasteiger partial charge in [-0.1, -0.05) is 284 Å². The molecular formula is C56H108O6. The van der Waals surface area contributed by atoms with Gasteiger partial charge in [-0.2, -0.15) is 0 Å². The van der Waals surface area contributed by atoms with Crippen molar-refractivity contribution in [3.63, 3.8) is 0 Å². The number of esters is 3. The summed E-state index contributed by atoms with van der Waals surface area (Å²) in [5.74, 6) is -0.836. The van der Waals surface area contributed by atoms with Gasteiger partial charge >= 0.3 is 17.9 Å². The highest BCUT2D eigenvalue weighted by Gasteiger charge is 2.19. The lowest BCUT2D eigenvalue weighted by molar-refractivity contribution is -0.167. The van der Waals surface area contributed by atoms with Crippen LogP contribution in [0.15, 0.2) is 0 Å². The molecule has 6 nitrogen and oxygen atoms in total. The van der Waals surface area contributed by atoms with Crippen molar-refractivity contribution in [2.45, 2.75) is 329 Å². The van der Waals surface area contributed by atoms with E-state index in [0.29, 0.717) is 19.3 Å². The first-order chi connectivity index (χ1) is 30.5. The Hall–Kier alpha value is -1.59. The normalized spacial score (nSPS) is 11.9. The lowest BCUT2D eigenvalue weighted by Crippen LogP contribution is -2.30. The molecule has 0 radical (unpaired) electrons. The second kappa shape index (κ2) is 52.0. The third kappa shape index (κ3) is 49.4. The molecule has 0 aromatic rings. The van der Waals surface area contributed by atoms with Crippen LogP contribution in [0.1, 0.15) is 323 Å². The molecule has 0 aliphatic carbocycles. The molecule has 0 saturated heterocycles. The Balaban J connectivity index is 4.26. The Labute approximate surface area is 387 Å². The maximum Gasteiger partial charge on any atom is 0.306 e. The van der Waals surface area contributed by atoms with E-state index in [-0.39, 0.29) is 31.1 Å². The summed E-state index contributed by atoms with van der Waals surface area (Å²) in [7, 11) is 0. The number of hydrogen-bond donors (Lipinski definition) is 0. The van der Waals surface area contributed by atoms with E-state index in [2.05, 4.69) is 20.8 Å². The first kappa shape index (κ1) is 60.4. The Morgan fingerprint density at radius 2 is 0.435 bits per heavy atom. The van der Waals surface area contributed by atoms with Crippen molar-refractivity contribution in [3.8, 4) is 0 Å². The third-order valence-electron chi connectivity index (χ3n) is 12.9.